The number of methoxy groups -OCH3 is 1. The molecule has 0 saturated carbocycles. The lowest BCUT2D eigenvalue weighted by Crippen LogP contribution is -2.20. The second kappa shape index (κ2) is 9.17. The molecule has 8 heteroatoms. The molecule has 5 aromatic rings. The smallest absolute Gasteiger partial charge is 0.282 e. The van der Waals surface area contributed by atoms with Crippen LogP contribution >= 0.6 is 11.6 Å². The quantitative estimate of drug-likeness (QED) is 0.280. The highest BCUT2D eigenvalue weighted by Gasteiger charge is 2.17. The monoisotopic (exact) mass is 498 g/mol. The van der Waals surface area contributed by atoms with Gasteiger partial charge in [-0.05, 0) is 61.4 Å². The van der Waals surface area contributed by atoms with Crippen LogP contribution in [0, 0.1) is 0 Å². The van der Waals surface area contributed by atoms with E-state index in [4.69, 9.17) is 25.7 Å². The van der Waals surface area contributed by atoms with Crippen molar-refractivity contribution < 1.29 is 9.15 Å². The summed E-state index contributed by atoms with van der Waals surface area (Å²) in [6.45, 7) is 2.08. The third kappa shape index (κ3) is 4.01. The summed E-state index contributed by atoms with van der Waals surface area (Å²) in [6, 6.07) is 20.4. The number of halogens is 1. The van der Waals surface area contributed by atoms with Crippen LogP contribution in [0.2, 0.25) is 5.02 Å². The minimum absolute atomic E-state index is 0.294. The van der Waals surface area contributed by atoms with Gasteiger partial charge in [0.1, 0.15) is 11.3 Å². The molecule has 0 amide bonds. The van der Waals surface area contributed by atoms with Crippen molar-refractivity contribution in [2.24, 2.45) is 5.10 Å². The highest BCUT2D eigenvalue weighted by molar-refractivity contribution is 6.31. The second-order valence-electron chi connectivity index (χ2n) is 8.73. The summed E-state index contributed by atoms with van der Waals surface area (Å²) in [6.07, 6.45) is 4.01. The van der Waals surface area contributed by atoms with Crippen LogP contribution in [0.1, 0.15) is 18.4 Å². The fourth-order valence-electron chi connectivity index (χ4n) is 4.61. The van der Waals surface area contributed by atoms with Crippen molar-refractivity contribution in [1.29, 1.82) is 0 Å². The maximum atomic E-state index is 13.5. The first-order chi connectivity index (χ1) is 17.6. The first-order valence-electron chi connectivity index (χ1n) is 11.8. The molecular weight excluding hydrogens is 476 g/mol. The third-order valence-electron chi connectivity index (χ3n) is 6.45. The SMILES string of the molecule is COc1cc(N2CCCC2)ccc1C=Nn1c(-c2cc3cc(Cl)ccc3o2)nc2ccccc2c1=O. The van der Waals surface area contributed by atoms with Gasteiger partial charge in [-0.25, -0.2) is 4.98 Å². The zero-order chi connectivity index (χ0) is 24.6. The Kier molecular flexibility index (Phi) is 5.70. The molecule has 1 aliphatic heterocycles. The topological polar surface area (TPSA) is 72.9 Å². The fourth-order valence-corrected chi connectivity index (χ4v) is 4.79. The lowest BCUT2D eigenvalue weighted by atomic mass is 10.2. The Morgan fingerprint density at radius 1 is 1.06 bits per heavy atom. The predicted molar refractivity (Wildman–Crippen MR) is 144 cm³/mol. The first kappa shape index (κ1) is 22.4. The Morgan fingerprint density at radius 2 is 1.89 bits per heavy atom. The molecule has 0 N–H and O–H groups in total. The number of aromatic nitrogens is 2. The summed E-state index contributed by atoms with van der Waals surface area (Å²) in [5.74, 6) is 1.41. The van der Waals surface area contributed by atoms with E-state index < -0.39 is 0 Å². The van der Waals surface area contributed by atoms with Crippen LogP contribution in [0.4, 0.5) is 5.69 Å². The lowest BCUT2D eigenvalue weighted by Gasteiger charge is -2.19. The summed E-state index contributed by atoms with van der Waals surface area (Å²) < 4.78 is 13.0. The second-order valence-corrected chi connectivity index (χ2v) is 9.16. The van der Waals surface area contributed by atoms with Crippen LogP contribution in [0.25, 0.3) is 33.5 Å². The summed E-state index contributed by atoms with van der Waals surface area (Å²) in [5.41, 5.74) is 2.79. The molecule has 1 aliphatic rings. The molecule has 0 spiro atoms. The molecular formula is C28H23ClN4O3. The number of anilines is 1. The molecule has 6 rings (SSSR count). The van der Waals surface area contributed by atoms with E-state index in [0.717, 1.165) is 29.7 Å². The number of para-hydroxylation sites is 1. The standard InChI is InChI=1S/C28H23ClN4O3/c1-35-25-16-21(32-12-4-5-13-32)10-8-18(25)17-30-33-27(31-23-7-3-2-6-22(23)28(33)34)26-15-19-14-20(29)9-11-24(19)36-26/h2-3,6-11,14-17H,4-5,12-13H2,1H3. The normalized spacial score (nSPS) is 13.9. The summed E-state index contributed by atoms with van der Waals surface area (Å²) in [4.78, 5) is 20.6. The molecule has 0 atom stereocenters. The molecule has 7 nitrogen and oxygen atoms in total. The van der Waals surface area contributed by atoms with E-state index in [1.165, 1.54) is 17.5 Å². The highest BCUT2D eigenvalue weighted by atomic mass is 35.5. The van der Waals surface area contributed by atoms with Crippen molar-refractivity contribution in [3.05, 3.63) is 87.7 Å². The minimum Gasteiger partial charge on any atom is -0.496 e. The number of hydrogen-bond acceptors (Lipinski definition) is 6. The molecule has 0 radical (unpaired) electrons. The molecule has 180 valence electrons. The minimum atomic E-state index is -0.294. The molecule has 1 fully saturated rings. The summed E-state index contributed by atoms with van der Waals surface area (Å²) in [7, 11) is 1.63. The van der Waals surface area contributed by atoms with Gasteiger partial charge in [-0.15, -0.1) is 0 Å². The molecule has 0 aliphatic carbocycles. The van der Waals surface area contributed by atoms with E-state index in [1.54, 1.807) is 37.6 Å². The maximum absolute atomic E-state index is 13.5. The van der Waals surface area contributed by atoms with Crippen LogP contribution in [-0.2, 0) is 0 Å². The molecule has 36 heavy (non-hydrogen) atoms. The van der Waals surface area contributed by atoms with E-state index in [2.05, 4.69) is 16.1 Å². The predicted octanol–water partition coefficient (Wildman–Crippen LogP) is 5.95. The zero-order valence-electron chi connectivity index (χ0n) is 19.6. The Morgan fingerprint density at radius 3 is 2.72 bits per heavy atom. The number of ether oxygens (including phenoxy) is 1. The van der Waals surface area contributed by atoms with E-state index in [9.17, 15) is 4.79 Å². The number of furan rings is 1. The van der Waals surface area contributed by atoms with Gasteiger partial charge in [0.05, 0.1) is 24.2 Å². The molecule has 3 heterocycles. The van der Waals surface area contributed by atoms with Crippen LogP contribution < -0.4 is 15.2 Å². The van der Waals surface area contributed by atoms with Crippen molar-refractivity contribution in [3.8, 4) is 17.3 Å². The largest absolute Gasteiger partial charge is 0.496 e. The van der Waals surface area contributed by atoms with Gasteiger partial charge < -0.3 is 14.1 Å². The van der Waals surface area contributed by atoms with Crippen molar-refractivity contribution in [3.63, 3.8) is 0 Å². The highest BCUT2D eigenvalue weighted by Crippen LogP contribution is 2.30. The average molecular weight is 499 g/mol. The molecule has 0 bridgehead atoms. The van der Waals surface area contributed by atoms with Gasteiger partial charge in [-0.1, -0.05) is 23.7 Å². The van der Waals surface area contributed by atoms with Crippen LogP contribution in [0.15, 0.2) is 81.0 Å². The van der Waals surface area contributed by atoms with Crippen LogP contribution in [-0.4, -0.2) is 36.1 Å². The summed E-state index contributed by atoms with van der Waals surface area (Å²) in [5, 5.41) is 6.44. The zero-order valence-corrected chi connectivity index (χ0v) is 20.4. The van der Waals surface area contributed by atoms with Gasteiger partial charge in [-0.2, -0.15) is 9.78 Å². The van der Waals surface area contributed by atoms with E-state index >= 15 is 0 Å². The van der Waals surface area contributed by atoms with Gasteiger partial charge in [0.2, 0.25) is 5.82 Å². The average Bonchev–Trinajstić information content (AvgIpc) is 3.58. The Bertz CT molecular complexity index is 1680. The molecule has 3 aromatic carbocycles. The first-order valence-corrected chi connectivity index (χ1v) is 12.2. The fraction of sp³-hybridized carbons (Fsp3) is 0.179. The van der Waals surface area contributed by atoms with Crippen LogP contribution in [0.5, 0.6) is 5.75 Å². The van der Waals surface area contributed by atoms with Gasteiger partial charge in [0, 0.05) is 40.8 Å². The Balaban J connectivity index is 1.48. The summed E-state index contributed by atoms with van der Waals surface area (Å²) >= 11 is 6.16. The maximum Gasteiger partial charge on any atom is 0.282 e. The molecule has 2 aromatic heterocycles. The Labute approximate surface area is 212 Å². The van der Waals surface area contributed by atoms with Crippen molar-refractivity contribution >= 4 is 45.4 Å². The van der Waals surface area contributed by atoms with E-state index in [-0.39, 0.29) is 5.56 Å². The lowest BCUT2D eigenvalue weighted by molar-refractivity contribution is 0.414. The van der Waals surface area contributed by atoms with Gasteiger partial charge in [0.25, 0.3) is 5.56 Å². The van der Waals surface area contributed by atoms with E-state index in [0.29, 0.717) is 38.8 Å². The number of hydrogen-bond donors (Lipinski definition) is 0. The van der Waals surface area contributed by atoms with Gasteiger partial charge >= 0.3 is 0 Å². The van der Waals surface area contributed by atoms with Crippen LogP contribution in [0.3, 0.4) is 0 Å². The van der Waals surface area contributed by atoms with Crippen molar-refractivity contribution in [1.82, 2.24) is 9.66 Å². The number of fused-ring (bicyclic) bond motifs is 2. The molecule has 1 saturated heterocycles. The van der Waals surface area contributed by atoms with Crippen molar-refractivity contribution in [2.45, 2.75) is 12.8 Å². The number of rotatable bonds is 5. The Hall–Kier alpha value is -4.10. The van der Waals surface area contributed by atoms with Gasteiger partial charge in [-0.3, -0.25) is 4.79 Å². The van der Waals surface area contributed by atoms with Crippen molar-refractivity contribution in [2.75, 3.05) is 25.1 Å². The molecule has 0 unspecified atom stereocenters. The van der Waals surface area contributed by atoms with E-state index in [1.807, 2.05) is 36.4 Å². The van der Waals surface area contributed by atoms with Gasteiger partial charge in [0.15, 0.2) is 5.76 Å². The number of nitrogens with zero attached hydrogens (tertiary/aromatic N) is 4. The third-order valence-corrected chi connectivity index (χ3v) is 6.69. The number of benzene rings is 3.